The van der Waals surface area contributed by atoms with E-state index in [1.54, 1.807) is 10.7 Å². The van der Waals surface area contributed by atoms with Crippen LogP contribution in [0.1, 0.15) is 24.4 Å². The van der Waals surface area contributed by atoms with E-state index in [4.69, 9.17) is 0 Å². The van der Waals surface area contributed by atoms with Gasteiger partial charge in [0.1, 0.15) is 5.82 Å². The van der Waals surface area contributed by atoms with Crippen LogP contribution in [0.15, 0.2) is 29.4 Å². The standard InChI is InChI=1S/C14H16FN5OS/c15-11-3-1-2-10(8-11)6-7-16-13(21)9-22-14-17-18-19-20(14)12-4-5-12/h1-3,8,12H,4-7,9H2,(H,16,21). The van der Waals surface area contributed by atoms with E-state index in [1.165, 1.54) is 23.9 Å². The number of nitrogens with one attached hydrogen (secondary N) is 1. The van der Waals surface area contributed by atoms with Gasteiger partial charge in [0.25, 0.3) is 0 Å². The van der Waals surface area contributed by atoms with Crippen molar-refractivity contribution in [2.24, 2.45) is 0 Å². The number of hydrogen-bond acceptors (Lipinski definition) is 5. The summed E-state index contributed by atoms with van der Waals surface area (Å²) in [5.41, 5.74) is 0.866. The number of rotatable bonds is 7. The third-order valence-corrected chi connectivity index (χ3v) is 4.25. The lowest BCUT2D eigenvalue weighted by atomic mass is 10.1. The average molecular weight is 321 g/mol. The molecule has 1 aliphatic rings. The maximum atomic E-state index is 13.0. The fourth-order valence-electron chi connectivity index (χ4n) is 2.05. The number of hydrogen-bond donors (Lipinski definition) is 1. The molecule has 22 heavy (non-hydrogen) atoms. The molecular weight excluding hydrogens is 305 g/mol. The number of benzene rings is 1. The lowest BCUT2D eigenvalue weighted by molar-refractivity contribution is -0.118. The van der Waals surface area contributed by atoms with E-state index in [1.807, 2.05) is 6.07 Å². The van der Waals surface area contributed by atoms with Gasteiger partial charge in [0, 0.05) is 6.54 Å². The maximum absolute atomic E-state index is 13.0. The van der Waals surface area contributed by atoms with Crippen LogP contribution in [0.2, 0.25) is 0 Å². The highest BCUT2D eigenvalue weighted by Gasteiger charge is 2.28. The summed E-state index contributed by atoms with van der Waals surface area (Å²) in [5, 5.41) is 15.0. The van der Waals surface area contributed by atoms with Gasteiger partial charge in [-0.25, -0.2) is 9.07 Å². The summed E-state index contributed by atoms with van der Waals surface area (Å²) in [4.78, 5) is 11.8. The molecule has 0 aliphatic heterocycles. The fraction of sp³-hybridized carbons (Fsp3) is 0.429. The van der Waals surface area contributed by atoms with E-state index in [0.717, 1.165) is 18.4 Å². The van der Waals surface area contributed by atoms with Crippen LogP contribution in [-0.2, 0) is 11.2 Å². The Bertz CT molecular complexity index is 658. The molecule has 1 heterocycles. The number of halogens is 1. The Morgan fingerprint density at radius 1 is 1.45 bits per heavy atom. The summed E-state index contributed by atoms with van der Waals surface area (Å²) in [5.74, 6) is -0.0611. The second kappa shape index (κ2) is 6.87. The van der Waals surface area contributed by atoms with Crippen molar-refractivity contribution in [2.75, 3.05) is 12.3 Å². The lowest BCUT2D eigenvalue weighted by Gasteiger charge is -2.05. The van der Waals surface area contributed by atoms with Crippen LogP contribution in [0, 0.1) is 5.82 Å². The van der Waals surface area contributed by atoms with Gasteiger partial charge in [0.15, 0.2) is 0 Å². The SMILES string of the molecule is O=C(CSc1nnnn1C1CC1)NCCc1cccc(F)c1. The third kappa shape index (κ3) is 4.03. The lowest BCUT2D eigenvalue weighted by Crippen LogP contribution is -2.27. The van der Waals surface area contributed by atoms with E-state index < -0.39 is 0 Å². The van der Waals surface area contributed by atoms with Crippen molar-refractivity contribution in [1.82, 2.24) is 25.5 Å². The van der Waals surface area contributed by atoms with Gasteiger partial charge in [-0.15, -0.1) is 5.10 Å². The molecule has 1 saturated carbocycles. The van der Waals surface area contributed by atoms with E-state index in [-0.39, 0.29) is 17.5 Å². The predicted molar refractivity (Wildman–Crippen MR) is 79.9 cm³/mol. The summed E-state index contributed by atoms with van der Waals surface area (Å²) in [6.45, 7) is 0.483. The van der Waals surface area contributed by atoms with Crippen LogP contribution < -0.4 is 5.32 Å². The average Bonchev–Trinajstić information content (AvgIpc) is 3.24. The topological polar surface area (TPSA) is 72.7 Å². The smallest absolute Gasteiger partial charge is 0.230 e. The molecule has 2 aromatic rings. The number of nitrogens with zero attached hydrogens (tertiary/aromatic N) is 4. The quantitative estimate of drug-likeness (QED) is 0.784. The minimum absolute atomic E-state index is 0.0771. The Labute approximate surface area is 131 Å². The molecule has 1 N–H and O–H groups in total. The van der Waals surface area contributed by atoms with Crippen molar-refractivity contribution < 1.29 is 9.18 Å². The minimum atomic E-state index is -0.258. The number of tetrazole rings is 1. The van der Waals surface area contributed by atoms with Crippen LogP contribution in [0.25, 0.3) is 0 Å². The molecule has 1 fully saturated rings. The number of carbonyl (C=O) groups is 1. The van der Waals surface area contributed by atoms with Crippen LogP contribution >= 0.6 is 11.8 Å². The van der Waals surface area contributed by atoms with Gasteiger partial charge in [0.2, 0.25) is 11.1 Å². The third-order valence-electron chi connectivity index (χ3n) is 3.31. The number of aromatic nitrogens is 4. The van der Waals surface area contributed by atoms with Crippen LogP contribution in [0.5, 0.6) is 0 Å². The van der Waals surface area contributed by atoms with E-state index >= 15 is 0 Å². The van der Waals surface area contributed by atoms with Crippen molar-refractivity contribution in [3.05, 3.63) is 35.6 Å². The molecule has 1 aliphatic carbocycles. The zero-order chi connectivity index (χ0) is 15.4. The maximum Gasteiger partial charge on any atom is 0.230 e. The van der Waals surface area contributed by atoms with Crippen molar-refractivity contribution in [2.45, 2.75) is 30.5 Å². The molecule has 3 rings (SSSR count). The molecule has 1 aromatic heterocycles. The molecular formula is C14H16FN5OS. The van der Waals surface area contributed by atoms with Crippen LogP contribution in [0.4, 0.5) is 4.39 Å². The fourth-order valence-corrected chi connectivity index (χ4v) is 2.82. The van der Waals surface area contributed by atoms with Crippen LogP contribution in [0.3, 0.4) is 0 Å². The first-order valence-electron chi connectivity index (χ1n) is 7.14. The van der Waals surface area contributed by atoms with Crippen molar-refractivity contribution in [1.29, 1.82) is 0 Å². The Morgan fingerprint density at radius 2 is 2.32 bits per heavy atom. The number of thioether (sulfide) groups is 1. The Morgan fingerprint density at radius 3 is 3.09 bits per heavy atom. The minimum Gasteiger partial charge on any atom is -0.355 e. The highest BCUT2D eigenvalue weighted by Crippen LogP contribution is 2.36. The summed E-state index contributed by atoms with van der Waals surface area (Å²) in [6.07, 6.45) is 2.80. The monoisotopic (exact) mass is 321 g/mol. The van der Waals surface area contributed by atoms with Gasteiger partial charge in [-0.1, -0.05) is 23.9 Å². The van der Waals surface area contributed by atoms with Crippen molar-refractivity contribution in [3.8, 4) is 0 Å². The highest BCUT2D eigenvalue weighted by molar-refractivity contribution is 7.99. The van der Waals surface area contributed by atoms with Crippen molar-refractivity contribution in [3.63, 3.8) is 0 Å². The second-order valence-electron chi connectivity index (χ2n) is 5.16. The largest absolute Gasteiger partial charge is 0.355 e. The van der Waals surface area contributed by atoms with E-state index in [2.05, 4.69) is 20.8 Å². The summed E-state index contributed by atoms with van der Waals surface area (Å²) in [6, 6.07) is 6.79. The number of carbonyl (C=O) groups excluding carboxylic acids is 1. The van der Waals surface area contributed by atoms with Gasteiger partial charge in [-0.2, -0.15) is 0 Å². The van der Waals surface area contributed by atoms with Crippen molar-refractivity contribution >= 4 is 17.7 Å². The van der Waals surface area contributed by atoms with Gasteiger partial charge in [-0.05, 0) is 47.4 Å². The zero-order valence-electron chi connectivity index (χ0n) is 11.9. The van der Waals surface area contributed by atoms with Gasteiger partial charge < -0.3 is 5.32 Å². The van der Waals surface area contributed by atoms with Crippen LogP contribution in [-0.4, -0.2) is 38.4 Å². The van der Waals surface area contributed by atoms with Gasteiger partial charge in [-0.3, -0.25) is 4.79 Å². The molecule has 0 unspecified atom stereocenters. The van der Waals surface area contributed by atoms with Gasteiger partial charge in [0.05, 0.1) is 11.8 Å². The molecule has 1 amide bonds. The summed E-state index contributed by atoms with van der Waals surface area (Å²) in [7, 11) is 0. The molecule has 0 bridgehead atoms. The van der Waals surface area contributed by atoms with E-state index in [9.17, 15) is 9.18 Å². The first-order valence-corrected chi connectivity index (χ1v) is 8.13. The Kier molecular flexibility index (Phi) is 4.67. The Hall–Kier alpha value is -1.96. The molecule has 8 heteroatoms. The molecule has 6 nitrogen and oxygen atoms in total. The normalized spacial score (nSPS) is 14.0. The molecule has 0 saturated heterocycles. The second-order valence-corrected chi connectivity index (χ2v) is 6.10. The Balaban J connectivity index is 1.40. The van der Waals surface area contributed by atoms with E-state index in [0.29, 0.717) is 24.2 Å². The molecule has 0 radical (unpaired) electrons. The molecule has 116 valence electrons. The predicted octanol–water partition coefficient (Wildman–Crippen LogP) is 1.60. The zero-order valence-corrected chi connectivity index (χ0v) is 12.7. The first kappa shape index (κ1) is 15.0. The first-order chi connectivity index (χ1) is 10.7. The molecule has 1 aromatic carbocycles. The number of amides is 1. The highest BCUT2D eigenvalue weighted by atomic mass is 32.2. The molecule has 0 spiro atoms. The van der Waals surface area contributed by atoms with Gasteiger partial charge >= 0.3 is 0 Å². The summed E-state index contributed by atoms with van der Waals surface area (Å²) >= 11 is 1.33. The summed E-state index contributed by atoms with van der Waals surface area (Å²) < 4.78 is 14.8. The molecule has 0 atom stereocenters.